The summed E-state index contributed by atoms with van der Waals surface area (Å²) in [6.07, 6.45) is 1.12. The van der Waals surface area contributed by atoms with Crippen LogP contribution in [0.4, 0.5) is 5.69 Å². The van der Waals surface area contributed by atoms with Crippen LogP contribution in [0.25, 0.3) is 0 Å². The molecule has 0 aliphatic carbocycles. The molecule has 5 heteroatoms. The van der Waals surface area contributed by atoms with Gasteiger partial charge in [0.2, 0.25) is 5.91 Å². The van der Waals surface area contributed by atoms with Crippen LogP contribution in [0.1, 0.15) is 28.8 Å². The summed E-state index contributed by atoms with van der Waals surface area (Å²) in [6.45, 7) is 2.35. The van der Waals surface area contributed by atoms with Gasteiger partial charge in [0.1, 0.15) is 0 Å². The normalized spacial score (nSPS) is 19.2. The zero-order chi connectivity index (χ0) is 13.1. The van der Waals surface area contributed by atoms with Crippen LogP contribution < -0.4 is 16.4 Å². The second-order valence-electron chi connectivity index (χ2n) is 4.55. The number of piperidine rings is 1. The van der Waals surface area contributed by atoms with E-state index in [1.54, 1.807) is 6.07 Å². The van der Waals surface area contributed by atoms with Gasteiger partial charge in [-0.05, 0) is 25.0 Å². The van der Waals surface area contributed by atoms with Gasteiger partial charge in [-0.2, -0.15) is 0 Å². The Morgan fingerprint density at radius 1 is 1.50 bits per heavy atom. The molecule has 96 valence electrons. The van der Waals surface area contributed by atoms with E-state index in [0.717, 1.165) is 5.56 Å². The van der Waals surface area contributed by atoms with E-state index in [1.165, 1.54) is 0 Å². The molecule has 1 saturated heterocycles. The van der Waals surface area contributed by atoms with Gasteiger partial charge in [-0.3, -0.25) is 9.59 Å². The molecule has 0 bridgehead atoms. The lowest BCUT2D eigenvalue weighted by Gasteiger charge is -2.23. The zero-order valence-electron chi connectivity index (χ0n) is 10.3. The van der Waals surface area contributed by atoms with Crippen molar-refractivity contribution in [1.29, 1.82) is 0 Å². The number of hydrogen-bond acceptors (Lipinski definition) is 3. The quantitative estimate of drug-likeness (QED) is 0.669. The predicted molar refractivity (Wildman–Crippen MR) is 69.1 cm³/mol. The molecular weight excluding hydrogens is 230 g/mol. The number of nitrogens with one attached hydrogen (secondary N) is 2. The number of para-hydroxylation sites is 1. The Labute approximate surface area is 106 Å². The van der Waals surface area contributed by atoms with E-state index < -0.39 is 0 Å². The third-order valence-electron chi connectivity index (χ3n) is 3.17. The largest absolute Gasteiger partial charge is 0.398 e. The highest BCUT2D eigenvalue weighted by Crippen LogP contribution is 2.16. The average Bonchev–Trinajstić information content (AvgIpc) is 2.35. The number of carbonyl (C=O) groups excluding carboxylic acids is 2. The van der Waals surface area contributed by atoms with Crippen LogP contribution in [0.2, 0.25) is 0 Å². The molecule has 1 aromatic rings. The fourth-order valence-electron chi connectivity index (χ4n) is 2.00. The highest BCUT2D eigenvalue weighted by atomic mass is 16.2. The Bertz CT molecular complexity index is 475. The fourth-order valence-corrected chi connectivity index (χ4v) is 2.00. The summed E-state index contributed by atoms with van der Waals surface area (Å²) in [5, 5.41) is 5.62. The van der Waals surface area contributed by atoms with Crippen molar-refractivity contribution in [2.24, 2.45) is 0 Å². The monoisotopic (exact) mass is 247 g/mol. The first-order valence-electron chi connectivity index (χ1n) is 6.00. The maximum absolute atomic E-state index is 12.1. The molecule has 1 aliphatic heterocycles. The molecule has 0 saturated carbocycles. The first kappa shape index (κ1) is 12.4. The van der Waals surface area contributed by atoms with Gasteiger partial charge in [0, 0.05) is 24.7 Å². The van der Waals surface area contributed by atoms with Crippen molar-refractivity contribution in [1.82, 2.24) is 10.6 Å². The van der Waals surface area contributed by atoms with Crippen molar-refractivity contribution in [2.75, 3.05) is 12.3 Å². The van der Waals surface area contributed by atoms with Crippen LogP contribution in [0, 0.1) is 6.92 Å². The van der Waals surface area contributed by atoms with E-state index in [0.29, 0.717) is 30.6 Å². The molecule has 18 heavy (non-hydrogen) atoms. The first-order chi connectivity index (χ1) is 8.58. The molecule has 5 nitrogen and oxygen atoms in total. The van der Waals surface area contributed by atoms with Crippen molar-refractivity contribution in [3.8, 4) is 0 Å². The topological polar surface area (TPSA) is 84.2 Å². The van der Waals surface area contributed by atoms with E-state index in [4.69, 9.17) is 5.73 Å². The van der Waals surface area contributed by atoms with Crippen LogP contribution in [-0.2, 0) is 4.79 Å². The lowest BCUT2D eigenvalue weighted by atomic mass is 10.0. The van der Waals surface area contributed by atoms with E-state index in [2.05, 4.69) is 10.6 Å². The summed E-state index contributed by atoms with van der Waals surface area (Å²) in [4.78, 5) is 23.1. The van der Waals surface area contributed by atoms with Crippen molar-refractivity contribution < 1.29 is 9.59 Å². The van der Waals surface area contributed by atoms with E-state index >= 15 is 0 Å². The summed E-state index contributed by atoms with van der Waals surface area (Å²) < 4.78 is 0. The SMILES string of the molecule is Cc1cccc(C(=O)NC2CCC(=O)NC2)c1N. The number of carbonyl (C=O) groups is 2. The van der Waals surface area contributed by atoms with Gasteiger partial charge in [-0.25, -0.2) is 0 Å². The fraction of sp³-hybridized carbons (Fsp3) is 0.385. The van der Waals surface area contributed by atoms with Crippen LogP contribution in [0.3, 0.4) is 0 Å². The number of amides is 2. The summed E-state index contributed by atoms with van der Waals surface area (Å²) in [7, 11) is 0. The van der Waals surface area contributed by atoms with Crippen molar-refractivity contribution in [3.63, 3.8) is 0 Å². The highest BCUT2D eigenvalue weighted by molar-refractivity contribution is 6.00. The minimum absolute atomic E-state index is 0.0184. The number of aryl methyl sites for hydroxylation is 1. The number of rotatable bonds is 2. The molecule has 1 atom stereocenters. The van der Waals surface area contributed by atoms with E-state index in [-0.39, 0.29) is 17.9 Å². The van der Waals surface area contributed by atoms with Crippen LogP contribution >= 0.6 is 0 Å². The molecule has 0 radical (unpaired) electrons. The van der Waals surface area contributed by atoms with Crippen molar-refractivity contribution >= 4 is 17.5 Å². The average molecular weight is 247 g/mol. The molecule has 1 aromatic carbocycles. The molecule has 0 spiro atoms. The standard InChI is InChI=1S/C13H17N3O2/c1-8-3-2-4-10(12(8)14)13(18)16-9-5-6-11(17)15-7-9/h2-4,9H,5-7,14H2,1H3,(H,15,17)(H,16,18). The first-order valence-corrected chi connectivity index (χ1v) is 6.00. The summed E-state index contributed by atoms with van der Waals surface area (Å²) >= 11 is 0. The molecular formula is C13H17N3O2. The number of benzene rings is 1. The van der Waals surface area contributed by atoms with Gasteiger partial charge >= 0.3 is 0 Å². The second kappa shape index (κ2) is 5.08. The minimum atomic E-state index is -0.183. The Balaban J connectivity index is 2.03. The van der Waals surface area contributed by atoms with Gasteiger partial charge in [0.05, 0.1) is 5.56 Å². The molecule has 1 aliphatic rings. The predicted octanol–water partition coefficient (Wildman–Crippen LogP) is 0.586. The van der Waals surface area contributed by atoms with Gasteiger partial charge in [0.15, 0.2) is 0 Å². The van der Waals surface area contributed by atoms with E-state index in [1.807, 2.05) is 19.1 Å². The van der Waals surface area contributed by atoms with Crippen LogP contribution in [0.5, 0.6) is 0 Å². The molecule has 4 N–H and O–H groups in total. The van der Waals surface area contributed by atoms with Gasteiger partial charge in [-0.15, -0.1) is 0 Å². The maximum atomic E-state index is 12.1. The molecule has 1 unspecified atom stereocenters. The highest BCUT2D eigenvalue weighted by Gasteiger charge is 2.21. The van der Waals surface area contributed by atoms with Gasteiger partial charge in [0.25, 0.3) is 5.91 Å². The minimum Gasteiger partial charge on any atom is -0.398 e. The van der Waals surface area contributed by atoms with Crippen molar-refractivity contribution in [2.45, 2.75) is 25.8 Å². The molecule has 2 amide bonds. The summed E-state index contributed by atoms with van der Waals surface area (Å²) in [5.41, 5.74) is 7.77. The summed E-state index contributed by atoms with van der Waals surface area (Å²) in [6, 6.07) is 5.37. The molecule has 2 rings (SSSR count). The zero-order valence-corrected chi connectivity index (χ0v) is 10.3. The number of nitrogens with two attached hydrogens (primary N) is 1. The number of nitrogen functional groups attached to an aromatic ring is 1. The second-order valence-corrected chi connectivity index (χ2v) is 4.55. The Hall–Kier alpha value is -2.04. The van der Waals surface area contributed by atoms with Crippen LogP contribution in [-0.4, -0.2) is 24.4 Å². The third-order valence-corrected chi connectivity index (χ3v) is 3.17. The summed E-state index contributed by atoms with van der Waals surface area (Å²) in [5.74, 6) is -0.145. The lowest BCUT2D eigenvalue weighted by molar-refractivity contribution is -0.122. The third kappa shape index (κ3) is 2.61. The lowest BCUT2D eigenvalue weighted by Crippen LogP contribution is -2.47. The number of anilines is 1. The molecule has 1 heterocycles. The Morgan fingerprint density at radius 2 is 2.28 bits per heavy atom. The maximum Gasteiger partial charge on any atom is 0.253 e. The number of hydrogen-bond donors (Lipinski definition) is 3. The van der Waals surface area contributed by atoms with Gasteiger partial charge in [-0.1, -0.05) is 12.1 Å². The van der Waals surface area contributed by atoms with Crippen molar-refractivity contribution in [3.05, 3.63) is 29.3 Å². The van der Waals surface area contributed by atoms with E-state index in [9.17, 15) is 9.59 Å². The molecule has 0 aromatic heterocycles. The molecule has 1 fully saturated rings. The smallest absolute Gasteiger partial charge is 0.253 e. The van der Waals surface area contributed by atoms with Gasteiger partial charge < -0.3 is 16.4 Å². The van der Waals surface area contributed by atoms with Crippen LogP contribution in [0.15, 0.2) is 18.2 Å². The Kier molecular flexibility index (Phi) is 3.50. The Morgan fingerprint density at radius 3 is 2.94 bits per heavy atom.